The van der Waals surface area contributed by atoms with Crippen LogP contribution in [0.1, 0.15) is 37.5 Å². The molecule has 8 heteroatoms. The van der Waals surface area contributed by atoms with Gasteiger partial charge in [-0.2, -0.15) is 0 Å². The van der Waals surface area contributed by atoms with Gasteiger partial charge in [0.1, 0.15) is 5.75 Å². The highest BCUT2D eigenvalue weighted by Gasteiger charge is 2.45. The van der Waals surface area contributed by atoms with Crippen molar-refractivity contribution in [1.29, 1.82) is 0 Å². The maximum absolute atomic E-state index is 13.5. The number of amides is 1. The van der Waals surface area contributed by atoms with Crippen molar-refractivity contribution in [3.8, 4) is 5.75 Å². The molecule has 1 atom stereocenters. The molecule has 7 nitrogen and oxygen atoms in total. The summed E-state index contributed by atoms with van der Waals surface area (Å²) in [5, 5.41) is 11.6. The third-order valence-corrected chi connectivity index (χ3v) is 6.27. The van der Waals surface area contributed by atoms with Gasteiger partial charge >= 0.3 is 0 Å². The lowest BCUT2D eigenvalue weighted by Crippen LogP contribution is -2.31. The van der Waals surface area contributed by atoms with Gasteiger partial charge in [0, 0.05) is 24.5 Å². The highest BCUT2D eigenvalue weighted by atomic mass is 32.1. The number of pyridine rings is 1. The van der Waals surface area contributed by atoms with Gasteiger partial charge in [-0.1, -0.05) is 18.2 Å². The van der Waals surface area contributed by atoms with Crippen LogP contribution in [0.15, 0.2) is 60.1 Å². The molecule has 158 valence electrons. The van der Waals surface area contributed by atoms with Gasteiger partial charge in [-0.15, -0.1) is 11.3 Å². The Morgan fingerprint density at radius 1 is 1.19 bits per heavy atom. The summed E-state index contributed by atoms with van der Waals surface area (Å²) in [5.74, 6) is -1.02. The number of aliphatic hydroxyl groups excluding tert-OH is 1. The molecule has 31 heavy (non-hydrogen) atoms. The number of carbonyl (C=O) groups excluding carboxylic acids is 2. The van der Waals surface area contributed by atoms with E-state index in [9.17, 15) is 14.7 Å². The molecule has 1 amide bonds. The highest BCUT2D eigenvalue weighted by molar-refractivity contribution is 7.14. The van der Waals surface area contributed by atoms with Gasteiger partial charge in [-0.3, -0.25) is 14.6 Å². The molecule has 0 saturated carbocycles. The molecule has 3 aromatic rings. The molecule has 0 spiro atoms. The van der Waals surface area contributed by atoms with Gasteiger partial charge in [-0.05, 0) is 37.6 Å². The molecular weight excluding hydrogens is 414 g/mol. The number of carbonyl (C=O) groups is 2. The van der Waals surface area contributed by atoms with Crippen molar-refractivity contribution in [2.24, 2.45) is 0 Å². The lowest BCUT2D eigenvalue weighted by molar-refractivity contribution is -0.130. The van der Waals surface area contributed by atoms with E-state index in [2.05, 4.69) is 9.97 Å². The van der Waals surface area contributed by atoms with E-state index in [4.69, 9.17) is 4.74 Å². The number of para-hydroxylation sites is 1. The van der Waals surface area contributed by atoms with Crippen LogP contribution >= 0.6 is 11.3 Å². The molecule has 0 radical (unpaired) electrons. The number of rotatable bonds is 6. The summed E-state index contributed by atoms with van der Waals surface area (Å²) in [5.41, 5.74) is 2.06. The van der Waals surface area contributed by atoms with Crippen molar-refractivity contribution < 1.29 is 19.4 Å². The van der Waals surface area contributed by atoms with Crippen LogP contribution in [0, 0.1) is 13.8 Å². The van der Waals surface area contributed by atoms with Crippen LogP contribution in [0.25, 0.3) is 0 Å². The SMILES string of the molecule is COc1ccccc1C1C(C(=O)c2sc(C)nc2C)=C(O)C(=O)N1Cc1ccncc1. The van der Waals surface area contributed by atoms with E-state index in [0.717, 1.165) is 10.6 Å². The first kappa shape index (κ1) is 20.7. The molecule has 1 unspecified atom stereocenters. The molecule has 2 aromatic heterocycles. The lowest BCUT2D eigenvalue weighted by Gasteiger charge is -2.28. The number of Topliss-reactive ketones (excluding diaryl/α,β-unsaturated/α-hetero) is 1. The fourth-order valence-corrected chi connectivity index (χ4v) is 4.69. The van der Waals surface area contributed by atoms with Crippen LogP contribution in [0.5, 0.6) is 5.75 Å². The average Bonchev–Trinajstić information content (AvgIpc) is 3.24. The van der Waals surface area contributed by atoms with E-state index in [1.165, 1.54) is 23.3 Å². The molecule has 3 heterocycles. The standard InChI is InChI=1S/C23H21N3O4S/c1-13-22(31-14(2)25-13)20(27)18-19(16-6-4-5-7-17(16)30-3)26(23(29)21(18)28)12-15-8-10-24-11-9-15/h4-11,19,28H,12H2,1-3H3. The topological polar surface area (TPSA) is 92.6 Å². The Kier molecular flexibility index (Phi) is 5.56. The number of nitrogens with zero attached hydrogens (tertiary/aromatic N) is 3. The van der Waals surface area contributed by atoms with Gasteiger partial charge in [0.15, 0.2) is 5.76 Å². The van der Waals surface area contributed by atoms with E-state index in [0.29, 0.717) is 21.9 Å². The molecule has 0 bridgehead atoms. The van der Waals surface area contributed by atoms with Crippen molar-refractivity contribution in [2.45, 2.75) is 26.4 Å². The first-order valence-corrected chi connectivity index (χ1v) is 10.5. The monoisotopic (exact) mass is 435 g/mol. The van der Waals surface area contributed by atoms with Crippen LogP contribution in [-0.4, -0.2) is 38.8 Å². The Morgan fingerprint density at radius 2 is 1.90 bits per heavy atom. The number of thiazole rings is 1. The Morgan fingerprint density at radius 3 is 2.55 bits per heavy atom. The van der Waals surface area contributed by atoms with Crippen LogP contribution < -0.4 is 4.74 Å². The fourth-order valence-electron chi connectivity index (χ4n) is 3.81. The second-order valence-corrected chi connectivity index (χ2v) is 8.38. The Hall–Kier alpha value is -3.52. The van der Waals surface area contributed by atoms with Gasteiger partial charge < -0.3 is 14.7 Å². The number of aliphatic hydroxyl groups is 1. The van der Waals surface area contributed by atoms with E-state index in [1.807, 2.05) is 19.1 Å². The summed E-state index contributed by atoms with van der Waals surface area (Å²) in [4.78, 5) is 36.9. The van der Waals surface area contributed by atoms with E-state index in [-0.39, 0.29) is 12.1 Å². The molecule has 1 aromatic carbocycles. The van der Waals surface area contributed by atoms with Crippen LogP contribution in [-0.2, 0) is 11.3 Å². The van der Waals surface area contributed by atoms with Crippen LogP contribution in [0.3, 0.4) is 0 Å². The van der Waals surface area contributed by atoms with Gasteiger partial charge in [0.25, 0.3) is 5.91 Å². The smallest absolute Gasteiger partial charge is 0.290 e. The van der Waals surface area contributed by atoms with Crippen LogP contribution in [0.2, 0.25) is 0 Å². The minimum absolute atomic E-state index is 0.0373. The Labute approximate surface area is 183 Å². The maximum atomic E-state index is 13.5. The molecule has 0 fully saturated rings. The predicted octanol–water partition coefficient (Wildman–Crippen LogP) is 3.94. The number of hydrogen-bond acceptors (Lipinski definition) is 7. The quantitative estimate of drug-likeness (QED) is 0.590. The second kappa shape index (κ2) is 8.31. The van der Waals surface area contributed by atoms with Crippen molar-refractivity contribution in [3.05, 3.63) is 86.8 Å². The van der Waals surface area contributed by atoms with Crippen LogP contribution in [0.4, 0.5) is 0 Å². The minimum atomic E-state index is -0.800. The number of aryl methyl sites for hydroxylation is 2. The lowest BCUT2D eigenvalue weighted by atomic mass is 9.94. The zero-order chi connectivity index (χ0) is 22.1. The number of methoxy groups -OCH3 is 1. The summed E-state index contributed by atoms with van der Waals surface area (Å²) in [6.07, 6.45) is 3.27. The third-order valence-electron chi connectivity index (χ3n) is 5.19. The molecule has 1 N–H and O–H groups in total. The Bertz CT molecular complexity index is 1190. The second-order valence-electron chi connectivity index (χ2n) is 7.17. The normalized spacial score (nSPS) is 16.2. The van der Waals surface area contributed by atoms with E-state index < -0.39 is 23.5 Å². The summed E-state index contributed by atoms with van der Waals surface area (Å²) < 4.78 is 5.52. The minimum Gasteiger partial charge on any atom is -0.503 e. The summed E-state index contributed by atoms with van der Waals surface area (Å²) in [6.45, 7) is 3.76. The first-order chi connectivity index (χ1) is 14.9. The number of ether oxygens (including phenoxy) is 1. The van der Waals surface area contributed by atoms with Crippen molar-refractivity contribution in [3.63, 3.8) is 0 Å². The zero-order valence-corrected chi connectivity index (χ0v) is 18.1. The predicted molar refractivity (Wildman–Crippen MR) is 116 cm³/mol. The summed E-state index contributed by atoms with van der Waals surface area (Å²) in [6, 6.07) is 9.98. The molecule has 1 aliphatic rings. The first-order valence-electron chi connectivity index (χ1n) is 9.67. The largest absolute Gasteiger partial charge is 0.503 e. The average molecular weight is 436 g/mol. The molecule has 4 rings (SSSR count). The van der Waals surface area contributed by atoms with Gasteiger partial charge in [0.2, 0.25) is 5.78 Å². The van der Waals surface area contributed by atoms with Crippen molar-refractivity contribution in [1.82, 2.24) is 14.9 Å². The van der Waals surface area contributed by atoms with Crippen molar-refractivity contribution in [2.75, 3.05) is 7.11 Å². The van der Waals surface area contributed by atoms with Gasteiger partial charge in [-0.25, -0.2) is 4.98 Å². The maximum Gasteiger partial charge on any atom is 0.290 e. The summed E-state index contributed by atoms with van der Waals surface area (Å²) >= 11 is 1.25. The zero-order valence-electron chi connectivity index (χ0n) is 17.3. The number of ketones is 1. The van der Waals surface area contributed by atoms with E-state index in [1.54, 1.807) is 43.6 Å². The summed E-state index contributed by atoms with van der Waals surface area (Å²) in [7, 11) is 1.53. The number of benzene rings is 1. The number of aromatic nitrogens is 2. The highest BCUT2D eigenvalue weighted by Crippen LogP contribution is 2.43. The molecule has 1 aliphatic heterocycles. The molecular formula is C23H21N3O4S. The third kappa shape index (κ3) is 3.70. The van der Waals surface area contributed by atoms with Crippen molar-refractivity contribution >= 4 is 23.0 Å². The van der Waals surface area contributed by atoms with E-state index >= 15 is 0 Å². The molecule has 0 aliphatic carbocycles. The Balaban J connectivity index is 1.86. The molecule has 0 saturated heterocycles. The fraction of sp³-hybridized carbons (Fsp3) is 0.217. The number of hydrogen-bond donors (Lipinski definition) is 1. The van der Waals surface area contributed by atoms with Gasteiger partial charge in [0.05, 0.1) is 34.3 Å².